The molecular weight excluding hydrogens is 354 g/mol. The monoisotopic (exact) mass is 371 g/mol. The Kier molecular flexibility index (Phi) is 3.80. The molecule has 1 fully saturated rings. The molecule has 1 heterocycles. The summed E-state index contributed by atoms with van der Waals surface area (Å²) >= 11 is 3.52. The Morgan fingerprint density at radius 1 is 1.00 bits per heavy atom. The van der Waals surface area contributed by atoms with Crippen LogP contribution in [0.1, 0.15) is 50.0 Å². The molecule has 2 unspecified atom stereocenters. The lowest BCUT2D eigenvalue weighted by atomic mass is 9.67. The molecule has 4 heteroatoms. The van der Waals surface area contributed by atoms with Crippen LogP contribution in [0.15, 0.2) is 45.0 Å². The van der Waals surface area contributed by atoms with Gasteiger partial charge in [0.1, 0.15) is 5.78 Å². The zero-order valence-electron chi connectivity index (χ0n) is 12.8. The van der Waals surface area contributed by atoms with Crippen LogP contribution in [0.3, 0.4) is 0 Å². The highest BCUT2D eigenvalue weighted by Gasteiger charge is 2.44. The molecule has 1 aliphatic heterocycles. The number of hydrogen-bond donors (Lipinski definition) is 0. The summed E-state index contributed by atoms with van der Waals surface area (Å²) in [5, 5.41) is 0. The maximum absolute atomic E-state index is 12.7. The van der Waals surface area contributed by atoms with E-state index in [2.05, 4.69) is 15.9 Å². The Balaban J connectivity index is 1.91. The molecule has 2 aliphatic carbocycles. The number of ketones is 2. The van der Waals surface area contributed by atoms with E-state index in [-0.39, 0.29) is 23.4 Å². The van der Waals surface area contributed by atoms with Crippen LogP contribution in [-0.2, 0) is 9.59 Å². The highest BCUT2D eigenvalue weighted by molar-refractivity contribution is 9.10. The molecule has 0 aromatic heterocycles. The van der Waals surface area contributed by atoms with Gasteiger partial charge < -0.3 is 0 Å². The molecule has 1 saturated carbocycles. The molecule has 118 valence electrons. The van der Waals surface area contributed by atoms with E-state index >= 15 is 0 Å². The van der Waals surface area contributed by atoms with E-state index in [1.807, 2.05) is 24.3 Å². The van der Waals surface area contributed by atoms with Gasteiger partial charge in [0, 0.05) is 40.2 Å². The molecular formula is C19H18BrNO2. The quantitative estimate of drug-likeness (QED) is 0.735. The van der Waals surface area contributed by atoms with E-state index in [0.717, 1.165) is 52.7 Å². The number of allylic oxidation sites excluding steroid dienone is 2. The molecule has 0 N–H and O–H groups in total. The first-order valence-electron chi connectivity index (χ1n) is 8.27. The van der Waals surface area contributed by atoms with E-state index in [9.17, 15) is 9.59 Å². The molecule has 0 spiro atoms. The zero-order chi connectivity index (χ0) is 16.0. The van der Waals surface area contributed by atoms with Crippen LogP contribution in [0.5, 0.6) is 0 Å². The number of Topliss-reactive ketones (excluding diaryl/α,β-unsaturated/α-hetero) is 2. The van der Waals surface area contributed by atoms with Gasteiger partial charge in [-0.2, -0.15) is 0 Å². The molecule has 2 atom stereocenters. The van der Waals surface area contributed by atoms with Gasteiger partial charge in [0.25, 0.3) is 0 Å². The third-order valence-electron chi connectivity index (χ3n) is 5.12. The van der Waals surface area contributed by atoms with Crippen molar-refractivity contribution in [2.24, 2.45) is 10.9 Å². The molecule has 0 saturated heterocycles. The summed E-state index contributed by atoms with van der Waals surface area (Å²) in [5.74, 6) is 0.0387. The van der Waals surface area contributed by atoms with Crippen LogP contribution in [0, 0.1) is 5.92 Å². The summed E-state index contributed by atoms with van der Waals surface area (Å²) in [6, 6.07) is 8.03. The number of rotatable bonds is 1. The van der Waals surface area contributed by atoms with Gasteiger partial charge in [-0.05, 0) is 43.4 Å². The van der Waals surface area contributed by atoms with Gasteiger partial charge in [-0.3, -0.25) is 14.6 Å². The normalized spacial score (nSPS) is 27.4. The molecule has 3 aliphatic rings. The van der Waals surface area contributed by atoms with E-state index in [4.69, 9.17) is 4.99 Å². The van der Waals surface area contributed by atoms with Gasteiger partial charge in [-0.1, -0.05) is 28.1 Å². The topological polar surface area (TPSA) is 46.5 Å². The Hall–Kier alpha value is -1.55. The van der Waals surface area contributed by atoms with Crippen molar-refractivity contribution in [3.8, 4) is 0 Å². The molecule has 1 aromatic rings. The van der Waals surface area contributed by atoms with Crippen molar-refractivity contribution in [3.05, 3.63) is 45.6 Å². The summed E-state index contributed by atoms with van der Waals surface area (Å²) in [4.78, 5) is 30.0. The number of carbonyl (C=O) groups is 2. The lowest BCUT2D eigenvalue weighted by Gasteiger charge is -2.37. The number of benzene rings is 1. The smallest absolute Gasteiger partial charge is 0.161 e. The van der Waals surface area contributed by atoms with Crippen LogP contribution >= 0.6 is 15.9 Å². The van der Waals surface area contributed by atoms with Crippen molar-refractivity contribution >= 4 is 33.2 Å². The second-order valence-corrected chi connectivity index (χ2v) is 7.49. The summed E-state index contributed by atoms with van der Waals surface area (Å²) in [5.41, 5.74) is 3.79. The summed E-state index contributed by atoms with van der Waals surface area (Å²) < 4.78 is 0.979. The number of hydrogen-bond acceptors (Lipinski definition) is 3. The summed E-state index contributed by atoms with van der Waals surface area (Å²) in [6.45, 7) is 0. The van der Waals surface area contributed by atoms with Crippen LogP contribution < -0.4 is 0 Å². The minimum atomic E-state index is -0.237. The number of carbonyl (C=O) groups excluding carboxylic acids is 2. The number of halogens is 1. The first-order valence-corrected chi connectivity index (χ1v) is 9.06. The lowest BCUT2D eigenvalue weighted by molar-refractivity contribution is -0.122. The number of aliphatic imine (C=N–C) groups is 1. The minimum absolute atomic E-state index is 0.143. The molecule has 3 nitrogen and oxygen atoms in total. The average Bonchev–Trinajstić information content (AvgIpc) is 2.53. The van der Waals surface area contributed by atoms with Crippen LogP contribution in [0.2, 0.25) is 0 Å². The van der Waals surface area contributed by atoms with Crippen LogP contribution in [0.4, 0.5) is 0 Å². The van der Waals surface area contributed by atoms with Crippen molar-refractivity contribution in [2.45, 2.75) is 44.4 Å². The van der Waals surface area contributed by atoms with Crippen LogP contribution in [-0.4, -0.2) is 17.3 Å². The highest BCUT2D eigenvalue weighted by Crippen LogP contribution is 2.46. The Bertz CT molecular complexity index is 762. The fourth-order valence-electron chi connectivity index (χ4n) is 4.16. The fourth-order valence-corrected chi connectivity index (χ4v) is 4.58. The van der Waals surface area contributed by atoms with Crippen molar-refractivity contribution < 1.29 is 9.59 Å². The van der Waals surface area contributed by atoms with Gasteiger partial charge >= 0.3 is 0 Å². The van der Waals surface area contributed by atoms with Crippen molar-refractivity contribution in [1.29, 1.82) is 0 Å². The van der Waals surface area contributed by atoms with E-state index < -0.39 is 0 Å². The van der Waals surface area contributed by atoms with Gasteiger partial charge in [0.05, 0.1) is 5.92 Å². The molecule has 0 bridgehead atoms. The maximum Gasteiger partial charge on any atom is 0.161 e. The predicted octanol–water partition coefficient (Wildman–Crippen LogP) is 4.36. The maximum atomic E-state index is 12.7. The van der Waals surface area contributed by atoms with Crippen LogP contribution in [0.25, 0.3) is 0 Å². The van der Waals surface area contributed by atoms with E-state index in [0.29, 0.717) is 12.8 Å². The second-order valence-electron chi connectivity index (χ2n) is 6.57. The Labute approximate surface area is 144 Å². The number of fused-ring (bicyclic) bond motifs is 1. The third kappa shape index (κ3) is 2.53. The Morgan fingerprint density at radius 2 is 1.83 bits per heavy atom. The van der Waals surface area contributed by atoms with Crippen molar-refractivity contribution in [1.82, 2.24) is 0 Å². The largest absolute Gasteiger partial charge is 0.299 e. The standard InChI is InChI=1S/C19H18BrNO2/c20-12-5-1-4-11(10-12)17-18-13(6-2-8-15(18)22)21-14-7-3-9-16(23)19(14)17/h1,4-5,10,17-18H,2-3,6-9H2. The highest BCUT2D eigenvalue weighted by atomic mass is 79.9. The van der Waals surface area contributed by atoms with E-state index in [1.165, 1.54) is 0 Å². The van der Waals surface area contributed by atoms with Crippen molar-refractivity contribution in [3.63, 3.8) is 0 Å². The molecule has 1 aromatic carbocycles. The van der Waals surface area contributed by atoms with Crippen molar-refractivity contribution in [2.75, 3.05) is 0 Å². The lowest BCUT2D eigenvalue weighted by Crippen LogP contribution is -2.39. The molecule has 23 heavy (non-hydrogen) atoms. The van der Waals surface area contributed by atoms with Gasteiger partial charge in [0.2, 0.25) is 0 Å². The third-order valence-corrected chi connectivity index (χ3v) is 5.61. The molecule has 0 radical (unpaired) electrons. The SMILES string of the molecule is O=C1CCCC2=C1C(c1cccc(Br)c1)C1C(=O)CCCC1=N2. The Morgan fingerprint density at radius 3 is 2.65 bits per heavy atom. The fraction of sp³-hybridized carbons (Fsp3) is 0.421. The first-order chi connectivity index (χ1) is 11.1. The summed E-state index contributed by atoms with van der Waals surface area (Å²) in [7, 11) is 0. The predicted molar refractivity (Wildman–Crippen MR) is 92.6 cm³/mol. The zero-order valence-corrected chi connectivity index (χ0v) is 14.4. The van der Waals surface area contributed by atoms with Gasteiger partial charge in [-0.25, -0.2) is 0 Å². The molecule has 4 rings (SSSR count). The first kappa shape index (κ1) is 15.0. The summed E-state index contributed by atoms with van der Waals surface area (Å²) in [6.07, 6.45) is 4.68. The average molecular weight is 372 g/mol. The number of nitrogens with zero attached hydrogens (tertiary/aromatic N) is 1. The van der Waals surface area contributed by atoms with Gasteiger partial charge in [0.15, 0.2) is 5.78 Å². The van der Waals surface area contributed by atoms with E-state index in [1.54, 1.807) is 0 Å². The second kappa shape index (κ2) is 5.82. The molecule has 0 amide bonds. The minimum Gasteiger partial charge on any atom is -0.299 e. The van der Waals surface area contributed by atoms with Gasteiger partial charge in [-0.15, -0.1) is 0 Å².